The average Bonchev–Trinajstić information content (AvgIpc) is 2.74. The molecule has 2 heterocycles. The molecule has 1 aliphatic rings. The van der Waals surface area contributed by atoms with E-state index < -0.39 is 0 Å². The number of hydrogen-bond acceptors (Lipinski definition) is 3. The van der Waals surface area contributed by atoms with Gasteiger partial charge < -0.3 is 10.6 Å². The van der Waals surface area contributed by atoms with Crippen molar-refractivity contribution in [3.8, 4) is 0 Å². The minimum atomic E-state index is 0.170. The van der Waals surface area contributed by atoms with Crippen LogP contribution in [0.5, 0.6) is 0 Å². The first-order chi connectivity index (χ1) is 10.1. The lowest BCUT2D eigenvalue weighted by atomic mass is 10.1. The molecule has 1 aromatic heterocycles. The highest BCUT2D eigenvalue weighted by atomic mass is 15.2. The highest BCUT2D eigenvalue weighted by Crippen LogP contribution is 2.38. The van der Waals surface area contributed by atoms with E-state index >= 15 is 0 Å². The van der Waals surface area contributed by atoms with Gasteiger partial charge in [0.25, 0.3) is 0 Å². The minimum Gasteiger partial charge on any atom is -0.328 e. The highest BCUT2D eigenvalue weighted by Gasteiger charge is 2.28. The zero-order valence-electron chi connectivity index (χ0n) is 13.0. The van der Waals surface area contributed by atoms with Crippen molar-refractivity contribution in [3.63, 3.8) is 0 Å². The van der Waals surface area contributed by atoms with Crippen molar-refractivity contribution in [1.82, 2.24) is 4.98 Å². The number of para-hydroxylation sites is 1. The third-order valence-corrected chi connectivity index (χ3v) is 4.10. The van der Waals surface area contributed by atoms with Crippen molar-refractivity contribution in [2.75, 3.05) is 4.90 Å². The van der Waals surface area contributed by atoms with Gasteiger partial charge in [-0.3, -0.25) is 0 Å². The molecule has 3 nitrogen and oxygen atoms in total. The molecule has 0 bridgehead atoms. The molecule has 2 unspecified atom stereocenters. The Bertz CT molecular complexity index is 649. The van der Waals surface area contributed by atoms with Crippen LogP contribution >= 0.6 is 0 Å². The molecule has 0 amide bonds. The monoisotopic (exact) mass is 281 g/mol. The fourth-order valence-electron chi connectivity index (χ4n) is 3.25. The second kappa shape index (κ2) is 5.49. The summed E-state index contributed by atoms with van der Waals surface area (Å²) >= 11 is 0. The fourth-order valence-corrected chi connectivity index (χ4v) is 3.25. The number of nitrogens with two attached hydrogens (primary N) is 1. The molecule has 2 atom stereocenters. The molecule has 0 radical (unpaired) electrons. The van der Waals surface area contributed by atoms with Crippen molar-refractivity contribution in [2.24, 2.45) is 5.73 Å². The van der Waals surface area contributed by atoms with Gasteiger partial charge >= 0.3 is 0 Å². The number of fused-ring (bicyclic) bond motifs is 1. The second-order valence-corrected chi connectivity index (χ2v) is 6.22. The van der Waals surface area contributed by atoms with Crippen LogP contribution in [0.25, 0.3) is 0 Å². The smallest absolute Gasteiger partial charge is 0.136 e. The van der Waals surface area contributed by atoms with E-state index in [2.05, 4.69) is 49.1 Å². The maximum absolute atomic E-state index is 5.88. The molecular weight excluding hydrogens is 258 g/mol. The van der Waals surface area contributed by atoms with Crippen LogP contribution < -0.4 is 10.6 Å². The first kappa shape index (κ1) is 14.1. The first-order valence-corrected chi connectivity index (χ1v) is 7.64. The van der Waals surface area contributed by atoms with E-state index in [1.165, 1.54) is 22.4 Å². The van der Waals surface area contributed by atoms with E-state index in [9.17, 15) is 0 Å². The zero-order chi connectivity index (χ0) is 15.0. The summed E-state index contributed by atoms with van der Waals surface area (Å²) in [7, 11) is 0. The number of pyridine rings is 1. The van der Waals surface area contributed by atoms with Gasteiger partial charge in [0.1, 0.15) is 5.82 Å². The Morgan fingerprint density at radius 2 is 2.14 bits per heavy atom. The fraction of sp³-hybridized carbons (Fsp3) is 0.389. The third-order valence-electron chi connectivity index (χ3n) is 4.10. The molecule has 21 heavy (non-hydrogen) atoms. The van der Waals surface area contributed by atoms with Crippen molar-refractivity contribution < 1.29 is 0 Å². The summed E-state index contributed by atoms with van der Waals surface area (Å²) in [6.45, 7) is 6.43. The Hall–Kier alpha value is -1.87. The van der Waals surface area contributed by atoms with Crippen LogP contribution in [-0.4, -0.2) is 17.1 Å². The molecule has 0 saturated carbocycles. The number of benzene rings is 1. The van der Waals surface area contributed by atoms with Crippen molar-refractivity contribution >= 4 is 11.5 Å². The molecular formula is C18H23N3. The standard InChI is InChI=1S/C18H23N3/c1-12-8-15(9-13(2)19)11-20-18(12)21-14(3)10-16-6-4-5-7-17(16)21/h4-8,11,13-14H,9-10,19H2,1-3H3. The molecule has 2 aromatic rings. The van der Waals surface area contributed by atoms with Crippen LogP contribution in [0.1, 0.15) is 30.5 Å². The third kappa shape index (κ3) is 2.66. The first-order valence-electron chi connectivity index (χ1n) is 7.64. The van der Waals surface area contributed by atoms with Gasteiger partial charge in [0.15, 0.2) is 0 Å². The molecule has 3 heteroatoms. The topological polar surface area (TPSA) is 42.1 Å². The van der Waals surface area contributed by atoms with Gasteiger partial charge in [-0.2, -0.15) is 0 Å². The second-order valence-electron chi connectivity index (χ2n) is 6.22. The molecule has 0 aliphatic carbocycles. The normalized spacial score (nSPS) is 18.7. The predicted molar refractivity (Wildman–Crippen MR) is 88.1 cm³/mol. The van der Waals surface area contributed by atoms with Crippen molar-refractivity contribution in [3.05, 3.63) is 53.2 Å². The van der Waals surface area contributed by atoms with Crippen LogP contribution in [0.3, 0.4) is 0 Å². The Balaban J connectivity index is 1.97. The number of aryl methyl sites for hydroxylation is 1. The summed E-state index contributed by atoms with van der Waals surface area (Å²) in [5.74, 6) is 1.07. The summed E-state index contributed by atoms with van der Waals surface area (Å²) in [5.41, 5.74) is 11.0. The van der Waals surface area contributed by atoms with Gasteiger partial charge in [-0.15, -0.1) is 0 Å². The number of rotatable bonds is 3. The molecule has 0 spiro atoms. The largest absolute Gasteiger partial charge is 0.328 e. The van der Waals surface area contributed by atoms with E-state index in [1.54, 1.807) is 0 Å². The minimum absolute atomic E-state index is 0.170. The Morgan fingerprint density at radius 3 is 2.86 bits per heavy atom. The number of anilines is 2. The Kier molecular flexibility index (Phi) is 3.68. The van der Waals surface area contributed by atoms with E-state index in [4.69, 9.17) is 10.7 Å². The lowest BCUT2D eigenvalue weighted by Gasteiger charge is -2.26. The summed E-state index contributed by atoms with van der Waals surface area (Å²) < 4.78 is 0. The van der Waals surface area contributed by atoms with Crippen LogP contribution in [0, 0.1) is 6.92 Å². The van der Waals surface area contributed by atoms with Crippen LogP contribution in [-0.2, 0) is 12.8 Å². The van der Waals surface area contributed by atoms with E-state index in [0.717, 1.165) is 18.7 Å². The van der Waals surface area contributed by atoms with Crippen molar-refractivity contribution in [2.45, 2.75) is 45.7 Å². The maximum Gasteiger partial charge on any atom is 0.136 e. The number of aromatic nitrogens is 1. The van der Waals surface area contributed by atoms with Crippen LogP contribution in [0.2, 0.25) is 0 Å². The summed E-state index contributed by atoms with van der Waals surface area (Å²) in [6.07, 6.45) is 3.93. The van der Waals surface area contributed by atoms with Gasteiger partial charge in [0.2, 0.25) is 0 Å². The van der Waals surface area contributed by atoms with E-state index in [1.807, 2.05) is 13.1 Å². The number of hydrogen-bond donors (Lipinski definition) is 1. The van der Waals surface area contributed by atoms with E-state index in [0.29, 0.717) is 6.04 Å². The zero-order valence-corrected chi connectivity index (χ0v) is 13.0. The summed E-state index contributed by atoms with van der Waals surface area (Å²) in [6, 6.07) is 11.5. The molecule has 110 valence electrons. The molecule has 1 aromatic carbocycles. The SMILES string of the molecule is Cc1cc(CC(C)N)cnc1N1c2ccccc2CC1C. The predicted octanol–water partition coefficient (Wildman–Crippen LogP) is 3.36. The molecule has 1 aliphatic heterocycles. The lowest BCUT2D eigenvalue weighted by molar-refractivity contribution is 0.729. The van der Waals surface area contributed by atoms with Gasteiger partial charge in [0, 0.05) is 24.0 Å². The molecule has 2 N–H and O–H groups in total. The summed E-state index contributed by atoms with van der Waals surface area (Å²) in [4.78, 5) is 7.09. The van der Waals surface area contributed by atoms with Gasteiger partial charge in [-0.25, -0.2) is 4.98 Å². The highest BCUT2D eigenvalue weighted by molar-refractivity contribution is 5.70. The van der Waals surface area contributed by atoms with Gasteiger partial charge in [-0.05, 0) is 56.4 Å². The van der Waals surface area contributed by atoms with Gasteiger partial charge in [-0.1, -0.05) is 24.3 Å². The quantitative estimate of drug-likeness (QED) is 0.938. The molecule has 3 rings (SSSR count). The maximum atomic E-state index is 5.88. The summed E-state index contributed by atoms with van der Waals surface area (Å²) in [5, 5.41) is 0. The van der Waals surface area contributed by atoms with Gasteiger partial charge in [0.05, 0.1) is 0 Å². The molecule has 0 fully saturated rings. The Labute approximate surface area is 126 Å². The Morgan fingerprint density at radius 1 is 1.38 bits per heavy atom. The average molecular weight is 281 g/mol. The lowest BCUT2D eigenvalue weighted by Crippen LogP contribution is -2.26. The van der Waals surface area contributed by atoms with Crippen LogP contribution in [0.15, 0.2) is 36.5 Å². The van der Waals surface area contributed by atoms with Crippen molar-refractivity contribution in [1.29, 1.82) is 0 Å². The van der Waals surface area contributed by atoms with Crippen LogP contribution in [0.4, 0.5) is 11.5 Å². The van der Waals surface area contributed by atoms with E-state index in [-0.39, 0.29) is 6.04 Å². The molecule has 0 saturated heterocycles. The number of nitrogens with zero attached hydrogens (tertiary/aromatic N) is 2.